The summed E-state index contributed by atoms with van der Waals surface area (Å²) in [5.74, 6) is 0.183. The second-order valence-corrected chi connectivity index (χ2v) is 9.43. The lowest BCUT2D eigenvalue weighted by Crippen LogP contribution is -2.55. The number of carbonyl (C=O) groups is 1. The number of hydrogen-bond donors (Lipinski definition) is 0. The normalized spacial score (nSPS) is 21.5. The third kappa shape index (κ3) is 5.43. The zero-order chi connectivity index (χ0) is 20.0. The molecule has 1 aromatic carbocycles. The summed E-state index contributed by atoms with van der Waals surface area (Å²) < 4.78 is 26.7. The maximum atomic E-state index is 12.8. The van der Waals surface area contributed by atoms with Gasteiger partial charge in [-0.25, -0.2) is 8.42 Å². The molecule has 0 unspecified atom stereocenters. The van der Waals surface area contributed by atoms with Gasteiger partial charge in [-0.15, -0.1) is 0 Å². The van der Waals surface area contributed by atoms with Gasteiger partial charge in [0.1, 0.15) is 0 Å². The van der Waals surface area contributed by atoms with E-state index in [2.05, 4.69) is 4.90 Å². The minimum atomic E-state index is -3.45. The van der Waals surface area contributed by atoms with Gasteiger partial charge in [0, 0.05) is 44.7 Å². The van der Waals surface area contributed by atoms with Crippen LogP contribution >= 0.6 is 0 Å². The van der Waals surface area contributed by atoms with Crippen molar-refractivity contribution in [2.24, 2.45) is 0 Å². The van der Waals surface area contributed by atoms with Crippen LogP contribution in [0, 0.1) is 0 Å². The Morgan fingerprint density at radius 3 is 2.14 bits per heavy atom. The quantitative estimate of drug-likeness (QED) is 0.755. The van der Waals surface area contributed by atoms with Crippen LogP contribution in [0.2, 0.25) is 0 Å². The molecular weight excluding hydrogens is 374 g/mol. The molecule has 2 aliphatic rings. The molecule has 1 atom stereocenters. The van der Waals surface area contributed by atoms with Gasteiger partial charge in [-0.05, 0) is 31.4 Å². The lowest BCUT2D eigenvalue weighted by molar-refractivity contribution is -0.136. The molecule has 1 aromatic rings. The number of nitrogens with zero attached hydrogens (tertiary/aromatic N) is 3. The van der Waals surface area contributed by atoms with Crippen LogP contribution in [-0.2, 0) is 14.8 Å². The Kier molecular flexibility index (Phi) is 7.26. The largest absolute Gasteiger partial charge is 0.341 e. The van der Waals surface area contributed by atoms with Crippen molar-refractivity contribution in [2.45, 2.75) is 38.6 Å². The average Bonchev–Trinajstić information content (AvgIpc) is 3.02. The SMILES string of the molecule is C[C@@H](C(=O)N1CCCCCC1)N1CCN(S(=O)(=O)/C=C/c2ccccc2)CC1. The van der Waals surface area contributed by atoms with E-state index >= 15 is 0 Å². The first-order valence-corrected chi connectivity index (χ1v) is 11.7. The van der Waals surface area contributed by atoms with Crippen molar-refractivity contribution < 1.29 is 13.2 Å². The van der Waals surface area contributed by atoms with Gasteiger partial charge < -0.3 is 4.90 Å². The number of benzene rings is 1. The van der Waals surface area contributed by atoms with E-state index in [0.717, 1.165) is 31.5 Å². The number of hydrogen-bond acceptors (Lipinski definition) is 4. The van der Waals surface area contributed by atoms with Gasteiger partial charge in [0.15, 0.2) is 0 Å². The highest BCUT2D eigenvalue weighted by molar-refractivity contribution is 7.92. The Morgan fingerprint density at radius 2 is 1.54 bits per heavy atom. The summed E-state index contributed by atoms with van der Waals surface area (Å²) in [6.07, 6.45) is 6.19. The minimum Gasteiger partial charge on any atom is -0.341 e. The number of amides is 1. The molecule has 6 nitrogen and oxygen atoms in total. The van der Waals surface area contributed by atoms with Gasteiger partial charge in [-0.1, -0.05) is 43.2 Å². The highest BCUT2D eigenvalue weighted by atomic mass is 32.2. The Bertz CT molecular complexity index is 763. The van der Waals surface area contributed by atoms with Crippen LogP contribution in [0.3, 0.4) is 0 Å². The highest BCUT2D eigenvalue weighted by Gasteiger charge is 2.31. The number of piperazine rings is 1. The highest BCUT2D eigenvalue weighted by Crippen LogP contribution is 2.16. The zero-order valence-electron chi connectivity index (χ0n) is 16.7. The molecule has 2 aliphatic heterocycles. The molecule has 28 heavy (non-hydrogen) atoms. The van der Waals surface area contributed by atoms with Crippen molar-refractivity contribution in [3.8, 4) is 0 Å². The number of carbonyl (C=O) groups excluding carboxylic acids is 1. The molecule has 2 fully saturated rings. The summed E-state index contributed by atoms with van der Waals surface area (Å²) in [5, 5.41) is 1.28. The Hall–Kier alpha value is -1.70. The van der Waals surface area contributed by atoms with Crippen molar-refractivity contribution >= 4 is 22.0 Å². The standard InChI is InChI=1S/C21H31N3O3S/c1-19(21(25)23-12-7-2-3-8-13-23)22-14-16-24(17-15-22)28(26,27)18-11-20-9-5-4-6-10-20/h4-6,9-11,18-19H,2-3,7-8,12-17H2,1H3/b18-11+/t19-/m0/s1. The second kappa shape index (κ2) is 9.67. The summed E-state index contributed by atoms with van der Waals surface area (Å²) in [6.45, 7) is 5.65. The molecule has 0 aliphatic carbocycles. The Balaban J connectivity index is 1.54. The van der Waals surface area contributed by atoms with Crippen molar-refractivity contribution in [3.05, 3.63) is 41.3 Å². The van der Waals surface area contributed by atoms with Crippen LogP contribution in [0.4, 0.5) is 0 Å². The Morgan fingerprint density at radius 1 is 0.929 bits per heavy atom. The second-order valence-electron chi connectivity index (χ2n) is 7.61. The molecule has 3 rings (SSSR count). The van der Waals surface area contributed by atoms with E-state index in [4.69, 9.17) is 0 Å². The number of likely N-dealkylation sites (tertiary alicyclic amines) is 1. The maximum absolute atomic E-state index is 12.8. The van der Waals surface area contributed by atoms with E-state index in [1.165, 1.54) is 22.6 Å². The first-order chi connectivity index (χ1) is 13.5. The molecule has 1 amide bonds. The number of sulfonamides is 1. The fourth-order valence-electron chi connectivity index (χ4n) is 3.87. The van der Waals surface area contributed by atoms with Gasteiger partial charge in [0.2, 0.25) is 15.9 Å². The van der Waals surface area contributed by atoms with Crippen LogP contribution in [0.5, 0.6) is 0 Å². The van der Waals surface area contributed by atoms with Gasteiger partial charge in [0.25, 0.3) is 0 Å². The molecule has 0 bridgehead atoms. The third-order valence-electron chi connectivity index (χ3n) is 5.69. The van der Waals surface area contributed by atoms with Crippen molar-refractivity contribution in [1.29, 1.82) is 0 Å². The molecule has 154 valence electrons. The topological polar surface area (TPSA) is 60.9 Å². The summed E-state index contributed by atoms with van der Waals surface area (Å²) >= 11 is 0. The molecule has 0 radical (unpaired) electrons. The van der Waals surface area contributed by atoms with E-state index in [0.29, 0.717) is 26.2 Å². The molecule has 2 saturated heterocycles. The van der Waals surface area contributed by atoms with Crippen LogP contribution < -0.4 is 0 Å². The monoisotopic (exact) mass is 405 g/mol. The smallest absolute Gasteiger partial charge is 0.239 e. The average molecular weight is 406 g/mol. The lowest BCUT2D eigenvalue weighted by Gasteiger charge is -2.38. The predicted molar refractivity (Wildman–Crippen MR) is 112 cm³/mol. The molecule has 0 aromatic heterocycles. The summed E-state index contributed by atoms with van der Waals surface area (Å²) in [6, 6.07) is 9.23. The fourth-order valence-corrected chi connectivity index (χ4v) is 5.05. The van der Waals surface area contributed by atoms with E-state index in [1.807, 2.05) is 42.2 Å². The van der Waals surface area contributed by atoms with E-state index in [9.17, 15) is 13.2 Å². The summed E-state index contributed by atoms with van der Waals surface area (Å²) in [4.78, 5) is 16.9. The van der Waals surface area contributed by atoms with Crippen LogP contribution in [0.1, 0.15) is 38.2 Å². The minimum absolute atomic E-state index is 0.183. The molecule has 2 heterocycles. The van der Waals surface area contributed by atoms with E-state index < -0.39 is 10.0 Å². The molecule has 0 saturated carbocycles. The molecular formula is C21H31N3O3S. The van der Waals surface area contributed by atoms with Crippen molar-refractivity contribution in [2.75, 3.05) is 39.3 Å². The zero-order valence-corrected chi connectivity index (χ0v) is 17.5. The predicted octanol–water partition coefficient (Wildman–Crippen LogP) is 2.40. The molecule has 7 heteroatoms. The van der Waals surface area contributed by atoms with Gasteiger partial charge in [-0.3, -0.25) is 9.69 Å². The van der Waals surface area contributed by atoms with Gasteiger partial charge >= 0.3 is 0 Å². The first kappa shape index (κ1) is 21.0. The van der Waals surface area contributed by atoms with Crippen LogP contribution in [0.15, 0.2) is 35.7 Å². The van der Waals surface area contributed by atoms with Crippen LogP contribution in [0.25, 0.3) is 6.08 Å². The summed E-state index contributed by atoms with van der Waals surface area (Å²) in [5.41, 5.74) is 0.862. The molecule has 0 spiro atoms. The summed E-state index contributed by atoms with van der Waals surface area (Å²) in [7, 11) is -3.45. The number of rotatable bonds is 5. The maximum Gasteiger partial charge on any atom is 0.239 e. The van der Waals surface area contributed by atoms with Crippen molar-refractivity contribution in [3.63, 3.8) is 0 Å². The van der Waals surface area contributed by atoms with E-state index in [1.54, 1.807) is 6.08 Å². The van der Waals surface area contributed by atoms with Crippen LogP contribution in [-0.4, -0.2) is 73.7 Å². The lowest BCUT2D eigenvalue weighted by atomic mass is 10.2. The third-order valence-corrected chi connectivity index (χ3v) is 7.25. The van der Waals surface area contributed by atoms with Crippen molar-refractivity contribution in [1.82, 2.24) is 14.1 Å². The fraction of sp³-hybridized carbons (Fsp3) is 0.571. The Labute approximate surface area is 168 Å². The van der Waals surface area contributed by atoms with Gasteiger partial charge in [0.05, 0.1) is 6.04 Å². The first-order valence-electron chi connectivity index (χ1n) is 10.2. The molecule has 0 N–H and O–H groups in total. The van der Waals surface area contributed by atoms with Gasteiger partial charge in [-0.2, -0.15) is 4.31 Å². The van der Waals surface area contributed by atoms with E-state index in [-0.39, 0.29) is 11.9 Å².